The molecule has 0 saturated heterocycles. The van der Waals surface area contributed by atoms with Gasteiger partial charge in [-0.05, 0) is 0 Å². The van der Waals surface area contributed by atoms with E-state index in [0.29, 0.717) is 0 Å². The second kappa shape index (κ2) is 8.95. The Labute approximate surface area is 196 Å². The quantitative estimate of drug-likeness (QED) is 0.242. The third kappa shape index (κ3) is 5.72. The van der Waals surface area contributed by atoms with Crippen LogP contribution in [0.25, 0.3) is 0 Å². The summed E-state index contributed by atoms with van der Waals surface area (Å²) in [4.78, 5) is 0. The van der Waals surface area contributed by atoms with Crippen LogP contribution in [0.1, 0.15) is 0 Å². The Hall–Kier alpha value is 1.95. The van der Waals surface area contributed by atoms with Gasteiger partial charge in [-0.2, -0.15) is 0 Å². The molecule has 0 atom stereocenters. The van der Waals surface area contributed by atoms with Crippen molar-refractivity contribution in [1.82, 2.24) is 0 Å². The Morgan fingerprint density at radius 1 is 0.310 bits per heavy atom. The number of rotatable bonds is 10. The zero-order valence-electron chi connectivity index (χ0n) is 23.9. The molecule has 0 aliphatic carbocycles. The molecule has 0 amide bonds. The van der Waals surface area contributed by atoms with E-state index in [4.69, 9.17) is 0 Å². The van der Waals surface area contributed by atoms with Crippen LogP contribution in [0.2, 0.25) is 129 Å². The highest BCUT2D eigenvalue weighted by Gasteiger charge is 2.63. The molecule has 174 valence electrons. The molecule has 9 heteroatoms. The van der Waals surface area contributed by atoms with Crippen molar-refractivity contribution >= 4 is 68.3 Å². The monoisotopic (exact) mass is 550 g/mol. The third-order valence-corrected chi connectivity index (χ3v) is 167. The maximum absolute atomic E-state index is 2.79. The van der Waals surface area contributed by atoms with Crippen molar-refractivity contribution in [2.45, 2.75) is 129 Å². The van der Waals surface area contributed by atoms with Crippen molar-refractivity contribution in [3.63, 3.8) is 0 Å². The van der Waals surface area contributed by atoms with Gasteiger partial charge in [-0.3, -0.25) is 0 Å². The Morgan fingerprint density at radius 3 is 0.552 bits per heavy atom. The molecule has 0 saturated carbocycles. The van der Waals surface area contributed by atoms with Gasteiger partial charge in [-0.15, -0.1) is 0 Å². The van der Waals surface area contributed by atoms with E-state index in [1.807, 2.05) is 0 Å². The summed E-state index contributed by atoms with van der Waals surface area (Å²) in [5, 5.41) is 0. The zero-order chi connectivity index (χ0) is 24.1. The van der Waals surface area contributed by atoms with Crippen LogP contribution in [0.3, 0.4) is 0 Å². The smallest absolute Gasteiger partial charge is 0.0345 e. The molecule has 0 N–H and O–H groups in total. The Kier molecular flexibility index (Phi) is 9.56. The average molecular weight is 551 g/mol. The van der Waals surface area contributed by atoms with Crippen molar-refractivity contribution in [3.8, 4) is 0 Å². The van der Waals surface area contributed by atoms with Crippen LogP contribution in [0.5, 0.6) is 0 Å². The molecule has 0 bridgehead atoms. The standard InChI is InChI=1S/C20H58Si9/c1-22(2,3)28(23(4,5)6,24(7,8)9)19-21-20-29(25(10,11)12,26(13,14)15)27(16,17)18/h19-20H2,1-18H3. The molecule has 0 aliphatic rings. The fraction of sp³-hybridized carbons (Fsp3) is 1.00. The summed E-state index contributed by atoms with van der Waals surface area (Å²) in [6.07, 6.45) is 0. The summed E-state index contributed by atoms with van der Waals surface area (Å²) in [7, 11) is -5.43. The average Bonchev–Trinajstić information content (AvgIpc) is 2.27. The first-order valence-corrected chi connectivity index (χ1v) is 44.7. The van der Waals surface area contributed by atoms with Gasteiger partial charge in [0.2, 0.25) is 0 Å². The zero-order valence-corrected chi connectivity index (χ0v) is 32.9. The minimum absolute atomic E-state index is 1.12. The summed E-state index contributed by atoms with van der Waals surface area (Å²) in [5.41, 5.74) is 3.48. The van der Waals surface area contributed by atoms with Gasteiger partial charge in [-0.25, -0.2) is 0 Å². The molecule has 0 aromatic carbocycles. The van der Waals surface area contributed by atoms with Crippen LogP contribution in [-0.2, 0) is 0 Å². The van der Waals surface area contributed by atoms with Gasteiger partial charge in [-0.1, -0.05) is 129 Å². The Bertz CT molecular complexity index is 421. The minimum atomic E-state index is -1.18. The largest absolute Gasteiger partial charge is 0.0719 e. The number of hydrogen-bond acceptors (Lipinski definition) is 0. The van der Waals surface area contributed by atoms with Crippen LogP contribution in [0, 0.1) is 0 Å². The van der Waals surface area contributed by atoms with E-state index in [0.717, 1.165) is 0 Å². The molecule has 29 heavy (non-hydrogen) atoms. The van der Waals surface area contributed by atoms with Gasteiger partial charge >= 0.3 is 0 Å². The topological polar surface area (TPSA) is 0 Å². The first-order valence-electron chi connectivity index (χ1n) is 11.9. The van der Waals surface area contributed by atoms with Crippen molar-refractivity contribution in [2.75, 3.05) is 0 Å². The summed E-state index contributed by atoms with van der Waals surface area (Å²) in [6.45, 7) is 47.9. The van der Waals surface area contributed by atoms with E-state index in [-0.39, 0.29) is 0 Å². The molecule has 2 radical (unpaired) electrons. The SMILES string of the molecule is C[Si](C)(C)[Si](C[Si]C[Si]([Si](C)(C)C)([Si](C)(C)C)[Si](C)(C)C)([Si](C)(C)C)[Si](C)(C)C. The van der Waals surface area contributed by atoms with E-state index in [2.05, 4.69) is 118 Å². The first-order chi connectivity index (χ1) is 12.2. The number of hydrogen-bond donors (Lipinski definition) is 0. The molecule has 0 aromatic heterocycles. The molecule has 0 unspecified atom stereocenters. The third-order valence-electron chi connectivity index (χ3n) is 8.46. The lowest BCUT2D eigenvalue weighted by Crippen LogP contribution is -2.84. The van der Waals surface area contributed by atoms with Crippen molar-refractivity contribution in [3.05, 3.63) is 0 Å². The van der Waals surface area contributed by atoms with Crippen LogP contribution < -0.4 is 0 Å². The lowest BCUT2D eigenvalue weighted by Gasteiger charge is -2.60. The van der Waals surface area contributed by atoms with E-state index < -0.39 is 58.8 Å². The van der Waals surface area contributed by atoms with Crippen LogP contribution in [0.4, 0.5) is 0 Å². The van der Waals surface area contributed by atoms with Gasteiger partial charge in [0.15, 0.2) is 0 Å². The predicted molar refractivity (Wildman–Crippen MR) is 167 cm³/mol. The summed E-state index contributed by atoms with van der Waals surface area (Å²) < 4.78 is 0. The maximum Gasteiger partial charge on any atom is 0.0345 e. The van der Waals surface area contributed by atoms with Crippen LogP contribution in [0.15, 0.2) is 0 Å². The van der Waals surface area contributed by atoms with Gasteiger partial charge in [0, 0.05) is 68.3 Å². The molecule has 0 rings (SSSR count). The van der Waals surface area contributed by atoms with Crippen LogP contribution >= 0.6 is 0 Å². The highest BCUT2D eigenvalue weighted by atomic mass is 29.9. The van der Waals surface area contributed by atoms with Gasteiger partial charge < -0.3 is 0 Å². The summed E-state index contributed by atoms with van der Waals surface area (Å²) >= 11 is 0. The second-order valence-electron chi connectivity index (χ2n) is 15.9. The molecule has 0 heterocycles. The highest BCUT2D eigenvalue weighted by molar-refractivity contribution is 7.91. The molecular weight excluding hydrogens is 493 g/mol. The van der Waals surface area contributed by atoms with Crippen molar-refractivity contribution in [2.24, 2.45) is 0 Å². The Balaban J connectivity index is 6.44. The minimum Gasteiger partial charge on any atom is -0.0719 e. The lowest BCUT2D eigenvalue weighted by atomic mass is 11.8. The van der Waals surface area contributed by atoms with E-state index in [9.17, 15) is 0 Å². The lowest BCUT2D eigenvalue weighted by molar-refractivity contribution is 1.64. The fourth-order valence-corrected chi connectivity index (χ4v) is 237. The first kappa shape index (κ1) is 31.0. The fourth-order valence-electron chi connectivity index (χ4n) is 8.78. The molecular formula is C20H58Si9. The van der Waals surface area contributed by atoms with Crippen molar-refractivity contribution < 1.29 is 0 Å². The molecule has 0 nitrogen and oxygen atoms in total. The van der Waals surface area contributed by atoms with Gasteiger partial charge in [0.25, 0.3) is 0 Å². The van der Waals surface area contributed by atoms with Gasteiger partial charge in [0.1, 0.15) is 0 Å². The molecule has 0 spiro atoms. The van der Waals surface area contributed by atoms with E-state index in [1.165, 1.54) is 9.52 Å². The van der Waals surface area contributed by atoms with Crippen LogP contribution in [-0.4, -0.2) is 68.3 Å². The molecule has 0 fully saturated rings. The summed E-state index contributed by atoms with van der Waals surface area (Å²) in [6, 6.07) is 0. The van der Waals surface area contributed by atoms with Gasteiger partial charge in [0.05, 0.1) is 0 Å². The Morgan fingerprint density at radius 2 is 0.448 bits per heavy atom. The predicted octanol–water partition coefficient (Wildman–Crippen LogP) is 8.00. The maximum atomic E-state index is 2.79. The highest BCUT2D eigenvalue weighted by Crippen LogP contribution is 2.43. The normalized spacial score (nSPS) is 16.3. The molecule has 0 aliphatic heterocycles. The summed E-state index contributed by atoms with van der Waals surface area (Å²) in [5.74, 6) is 0. The van der Waals surface area contributed by atoms with E-state index in [1.54, 1.807) is 11.3 Å². The van der Waals surface area contributed by atoms with Crippen molar-refractivity contribution in [1.29, 1.82) is 0 Å². The van der Waals surface area contributed by atoms with E-state index >= 15 is 0 Å². The molecule has 0 aromatic rings. The second-order valence-corrected chi connectivity index (χ2v) is 101.